The van der Waals surface area contributed by atoms with Gasteiger partial charge in [-0.2, -0.15) is 0 Å². The van der Waals surface area contributed by atoms with E-state index in [1.54, 1.807) is 0 Å². The number of aliphatic hydroxyl groups excluding tert-OH is 1. The van der Waals surface area contributed by atoms with Crippen LogP contribution in [0.25, 0.3) is 11.0 Å². The third kappa shape index (κ3) is 3.48. The van der Waals surface area contributed by atoms with Gasteiger partial charge in [0.05, 0.1) is 24.2 Å². The summed E-state index contributed by atoms with van der Waals surface area (Å²) in [4.78, 5) is 9.55. The van der Waals surface area contributed by atoms with Gasteiger partial charge in [-0.15, -0.1) is 0 Å². The molecule has 0 aliphatic carbocycles. The molecule has 1 saturated heterocycles. The predicted octanol–water partition coefficient (Wildman–Crippen LogP) is 2.19. The van der Waals surface area contributed by atoms with E-state index >= 15 is 0 Å². The summed E-state index contributed by atoms with van der Waals surface area (Å²) in [7, 11) is 4.24. The first-order chi connectivity index (χ1) is 11.5. The molecule has 0 saturated carbocycles. The molecule has 0 bridgehead atoms. The molecule has 24 heavy (non-hydrogen) atoms. The Morgan fingerprint density at radius 1 is 1.29 bits per heavy atom. The van der Waals surface area contributed by atoms with E-state index in [9.17, 15) is 5.11 Å². The molecule has 2 aromatic rings. The molecule has 0 amide bonds. The quantitative estimate of drug-likeness (QED) is 0.882. The Labute approximate surface area is 144 Å². The van der Waals surface area contributed by atoms with Crippen molar-refractivity contribution in [3.8, 4) is 0 Å². The topological polar surface area (TPSA) is 44.5 Å². The zero-order valence-electron chi connectivity index (χ0n) is 15.3. The van der Waals surface area contributed by atoms with Gasteiger partial charge < -0.3 is 14.6 Å². The molecule has 2 atom stereocenters. The molecule has 3 rings (SSSR count). The fourth-order valence-corrected chi connectivity index (χ4v) is 3.71. The molecule has 0 unspecified atom stereocenters. The first kappa shape index (κ1) is 17.4. The van der Waals surface area contributed by atoms with E-state index < -0.39 is 0 Å². The van der Waals surface area contributed by atoms with Gasteiger partial charge in [0.2, 0.25) is 0 Å². The average molecular weight is 330 g/mol. The van der Waals surface area contributed by atoms with Gasteiger partial charge in [-0.3, -0.25) is 4.90 Å². The van der Waals surface area contributed by atoms with Crippen molar-refractivity contribution in [1.29, 1.82) is 0 Å². The monoisotopic (exact) mass is 330 g/mol. The molecule has 2 heterocycles. The van der Waals surface area contributed by atoms with Crippen LogP contribution in [-0.2, 0) is 13.1 Å². The highest BCUT2D eigenvalue weighted by molar-refractivity contribution is 5.75. The zero-order chi connectivity index (χ0) is 17.3. The molecule has 132 valence electrons. The molecule has 0 spiro atoms. The third-order valence-corrected chi connectivity index (χ3v) is 5.07. The second-order valence-corrected chi connectivity index (χ2v) is 7.64. The summed E-state index contributed by atoms with van der Waals surface area (Å²) in [5.41, 5.74) is 2.28. The SMILES string of the molecule is CC(C)Cn1c(CN2C[C@H](N(C)C)C[C@H]2CO)nc2ccccc21. The van der Waals surface area contributed by atoms with Gasteiger partial charge in [0.15, 0.2) is 0 Å². The fraction of sp³-hybridized carbons (Fsp3) is 0.632. The molecule has 1 aliphatic rings. The maximum absolute atomic E-state index is 9.78. The van der Waals surface area contributed by atoms with Gasteiger partial charge in [-0.1, -0.05) is 26.0 Å². The van der Waals surface area contributed by atoms with E-state index in [4.69, 9.17) is 4.98 Å². The molecule has 1 aliphatic heterocycles. The van der Waals surface area contributed by atoms with E-state index in [0.29, 0.717) is 12.0 Å². The number of aliphatic hydroxyl groups is 1. The highest BCUT2D eigenvalue weighted by Gasteiger charge is 2.33. The molecule has 5 heteroatoms. The third-order valence-electron chi connectivity index (χ3n) is 5.07. The summed E-state index contributed by atoms with van der Waals surface area (Å²) >= 11 is 0. The normalized spacial score (nSPS) is 22.3. The van der Waals surface area contributed by atoms with E-state index in [1.807, 2.05) is 6.07 Å². The number of likely N-dealkylation sites (N-methyl/N-ethyl adjacent to an activating group) is 1. The van der Waals surface area contributed by atoms with Crippen LogP contribution < -0.4 is 0 Å². The van der Waals surface area contributed by atoms with Crippen molar-refractivity contribution in [3.63, 3.8) is 0 Å². The van der Waals surface area contributed by atoms with Crippen LogP contribution in [0.5, 0.6) is 0 Å². The van der Waals surface area contributed by atoms with E-state index in [-0.39, 0.29) is 12.6 Å². The van der Waals surface area contributed by atoms with Crippen LogP contribution in [0.2, 0.25) is 0 Å². The number of aromatic nitrogens is 2. The Bertz CT molecular complexity index is 679. The van der Waals surface area contributed by atoms with Gasteiger partial charge in [0.1, 0.15) is 5.82 Å². The zero-order valence-corrected chi connectivity index (χ0v) is 15.3. The number of hydrogen-bond donors (Lipinski definition) is 1. The van der Waals surface area contributed by atoms with Crippen LogP contribution in [0.3, 0.4) is 0 Å². The number of para-hydroxylation sites is 2. The summed E-state index contributed by atoms with van der Waals surface area (Å²) < 4.78 is 2.36. The van der Waals surface area contributed by atoms with Gasteiger partial charge in [-0.25, -0.2) is 4.98 Å². The first-order valence-corrected chi connectivity index (χ1v) is 8.95. The first-order valence-electron chi connectivity index (χ1n) is 8.95. The lowest BCUT2D eigenvalue weighted by atomic mass is 10.1. The Hall–Kier alpha value is -1.43. The lowest BCUT2D eigenvalue weighted by molar-refractivity contribution is 0.149. The molecular weight excluding hydrogens is 300 g/mol. The smallest absolute Gasteiger partial charge is 0.124 e. The van der Waals surface area contributed by atoms with Crippen molar-refractivity contribution in [2.75, 3.05) is 27.2 Å². The second kappa shape index (κ2) is 7.21. The van der Waals surface area contributed by atoms with Crippen LogP contribution >= 0.6 is 0 Å². The molecule has 1 N–H and O–H groups in total. The maximum atomic E-state index is 9.78. The van der Waals surface area contributed by atoms with Gasteiger partial charge in [-0.05, 0) is 38.6 Å². The molecule has 5 nitrogen and oxygen atoms in total. The number of hydrogen-bond acceptors (Lipinski definition) is 4. The van der Waals surface area contributed by atoms with E-state index in [1.165, 1.54) is 5.52 Å². The number of nitrogens with zero attached hydrogens (tertiary/aromatic N) is 4. The van der Waals surface area contributed by atoms with Gasteiger partial charge >= 0.3 is 0 Å². The Morgan fingerprint density at radius 2 is 2.04 bits per heavy atom. The largest absolute Gasteiger partial charge is 0.395 e. The summed E-state index contributed by atoms with van der Waals surface area (Å²) in [6, 6.07) is 9.11. The summed E-state index contributed by atoms with van der Waals surface area (Å²) in [5.74, 6) is 1.69. The molecule has 0 radical (unpaired) electrons. The average Bonchev–Trinajstić information content (AvgIpc) is 3.09. The minimum Gasteiger partial charge on any atom is -0.395 e. The molecule has 1 aromatic heterocycles. The highest BCUT2D eigenvalue weighted by atomic mass is 16.3. The van der Waals surface area contributed by atoms with Crippen LogP contribution in [0.15, 0.2) is 24.3 Å². The minimum atomic E-state index is 0.217. The highest BCUT2D eigenvalue weighted by Crippen LogP contribution is 2.25. The van der Waals surface area contributed by atoms with Crippen molar-refractivity contribution in [2.45, 2.75) is 45.4 Å². The van der Waals surface area contributed by atoms with Crippen molar-refractivity contribution >= 4 is 11.0 Å². The molecule has 1 fully saturated rings. The number of imidazole rings is 1. The number of rotatable bonds is 6. The summed E-state index contributed by atoms with van der Waals surface area (Å²) in [6.45, 7) is 7.47. The van der Waals surface area contributed by atoms with Gasteiger partial charge in [0.25, 0.3) is 0 Å². The lowest BCUT2D eigenvalue weighted by Gasteiger charge is -2.23. The number of benzene rings is 1. The minimum absolute atomic E-state index is 0.217. The van der Waals surface area contributed by atoms with Crippen molar-refractivity contribution in [3.05, 3.63) is 30.1 Å². The summed E-state index contributed by atoms with van der Waals surface area (Å²) in [6.07, 6.45) is 1.02. The van der Waals surface area contributed by atoms with Crippen molar-refractivity contribution in [2.24, 2.45) is 5.92 Å². The lowest BCUT2D eigenvalue weighted by Crippen LogP contribution is -2.34. The van der Waals surface area contributed by atoms with Gasteiger partial charge in [0, 0.05) is 25.2 Å². The molecule has 1 aromatic carbocycles. The molecular formula is C19H30N4O. The van der Waals surface area contributed by atoms with Crippen LogP contribution in [0.1, 0.15) is 26.1 Å². The Morgan fingerprint density at radius 3 is 2.71 bits per heavy atom. The standard InChI is InChI=1S/C19H30N4O/c1-14(2)10-23-18-8-6-5-7-17(18)20-19(23)12-22-11-15(21(3)4)9-16(22)13-24/h5-8,14-16,24H,9-13H2,1-4H3/t15-,16+/m1/s1. The van der Waals surface area contributed by atoms with E-state index in [0.717, 1.165) is 37.4 Å². The Kier molecular flexibility index (Phi) is 5.23. The van der Waals surface area contributed by atoms with Crippen LogP contribution in [0, 0.1) is 5.92 Å². The fourth-order valence-electron chi connectivity index (χ4n) is 3.71. The second-order valence-electron chi connectivity index (χ2n) is 7.64. The van der Waals surface area contributed by atoms with Crippen LogP contribution in [-0.4, -0.2) is 63.8 Å². The number of fused-ring (bicyclic) bond motifs is 1. The van der Waals surface area contributed by atoms with Crippen molar-refractivity contribution < 1.29 is 5.11 Å². The Balaban J connectivity index is 1.88. The van der Waals surface area contributed by atoms with E-state index in [2.05, 4.69) is 60.5 Å². The number of likely N-dealkylation sites (tertiary alicyclic amines) is 1. The predicted molar refractivity (Wildman–Crippen MR) is 97.9 cm³/mol. The van der Waals surface area contributed by atoms with Crippen molar-refractivity contribution in [1.82, 2.24) is 19.4 Å². The summed E-state index contributed by atoms with van der Waals surface area (Å²) in [5, 5.41) is 9.78. The maximum Gasteiger partial charge on any atom is 0.124 e. The van der Waals surface area contributed by atoms with Crippen LogP contribution in [0.4, 0.5) is 0 Å².